The van der Waals surface area contributed by atoms with Gasteiger partial charge in [-0.3, -0.25) is 4.79 Å². The monoisotopic (exact) mass is 352 g/mol. The molecule has 0 saturated carbocycles. The highest BCUT2D eigenvalue weighted by molar-refractivity contribution is 6.04. The molecule has 0 aliphatic rings. The lowest BCUT2D eigenvalue weighted by Crippen LogP contribution is -2.17. The predicted octanol–water partition coefficient (Wildman–Crippen LogP) is 2.61. The predicted molar refractivity (Wildman–Crippen MR) is 95.5 cm³/mol. The minimum atomic E-state index is -0.409. The second-order valence-electron chi connectivity index (χ2n) is 5.61. The average Bonchev–Trinajstić information content (AvgIpc) is 3.01. The number of halogens is 1. The molecule has 0 saturated heterocycles. The molecule has 2 N–H and O–H groups in total. The van der Waals surface area contributed by atoms with Crippen molar-refractivity contribution in [2.45, 2.75) is 0 Å². The third-order valence-corrected chi connectivity index (χ3v) is 3.99. The van der Waals surface area contributed by atoms with E-state index >= 15 is 0 Å². The van der Waals surface area contributed by atoms with Gasteiger partial charge >= 0.3 is 0 Å². The highest BCUT2D eigenvalue weighted by Gasteiger charge is 2.11. The van der Waals surface area contributed by atoms with Crippen LogP contribution in [0.3, 0.4) is 0 Å². The van der Waals surface area contributed by atoms with Crippen LogP contribution in [0.25, 0.3) is 21.9 Å². The van der Waals surface area contributed by atoms with Crippen molar-refractivity contribution in [2.24, 2.45) is 5.10 Å². The molecule has 7 nitrogen and oxygen atoms in total. The SMILES string of the molecule is COc1cc(C=Nn2cnc3c([nH]c4ccc(F)cc43)c2=O)ccc1O. The Kier molecular flexibility index (Phi) is 3.65. The van der Waals surface area contributed by atoms with Gasteiger partial charge in [-0.1, -0.05) is 0 Å². The van der Waals surface area contributed by atoms with Crippen LogP contribution in [0.1, 0.15) is 5.56 Å². The molecular formula is C18H13FN4O3. The van der Waals surface area contributed by atoms with Crippen LogP contribution in [0, 0.1) is 5.82 Å². The zero-order chi connectivity index (χ0) is 18.3. The van der Waals surface area contributed by atoms with Gasteiger partial charge in [-0.2, -0.15) is 9.78 Å². The maximum Gasteiger partial charge on any atom is 0.298 e. The number of nitrogens with zero attached hydrogens (tertiary/aromatic N) is 3. The topological polar surface area (TPSA) is 92.5 Å². The molecule has 2 heterocycles. The minimum absolute atomic E-state index is 0.00945. The van der Waals surface area contributed by atoms with Crippen molar-refractivity contribution in [3.8, 4) is 11.5 Å². The molecule has 4 aromatic rings. The average molecular weight is 352 g/mol. The maximum atomic E-state index is 13.4. The van der Waals surface area contributed by atoms with Gasteiger partial charge in [-0.15, -0.1) is 0 Å². The fraction of sp³-hybridized carbons (Fsp3) is 0.0556. The fourth-order valence-corrected chi connectivity index (χ4v) is 2.70. The van der Waals surface area contributed by atoms with Crippen molar-refractivity contribution in [1.82, 2.24) is 14.6 Å². The standard InChI is InChI=1S/C18H13FN4O3/c1-26-15-6-10(2-5-14(15)24)8-21-23-9-20-16-12-7-11(19)3-4-13(12)22-17(16)18(23)25/h2-9,22,24H,1H3. The number of phenols is 1. The second-order valence-corrected chi connectivity index (χ2v) is 5.61. The summed E-state index contributed by atoms with van der Waals surface area (Å²) in [4.78, 5) is 19.8. The number of benzene rings is 2. The number of methoxy groups -OCH3 is 1. The molecule has 4 rings (SSSR count). The van der Waals surface area contributed by atoms with Gasteiger partial charge in [0.25, 0.3) is 5.56 Å². The zero-order valence-electron chi connectivity index (χ0n) is 13.6. The van der Waals surface area contributed by atoms with E-state index in [-0.39, 0.29) is 11.3 Å². The van der Waals surface area contributed by atoms with Gasteiger partial charge in [0.1, 0.15) is 23.2 Å². The van der Waals surface area contributed by atoms with Crippen LogP contribution >= 0.6 is 0 Å². The molecule has 0 radical (unpaired) electrons. The van der Waals surface area contributed by atoms with Crippen molar-refractivity contribution in [3.05, 3.63) is 64.5 Å². The van der Waals surface area contributed by atoms with Gasteiger partial charge in [-0.25, -0.2) is 9.37 Å². The quantitative estimate of drug-likeness (QED) is 0.554. The Hall–Kier alpha value is -3.68. The van der Waals surface area contributed by atoms with E-state index in [1.54, 1.807) is 18.2 Å². The van der Waals surface area contributed by atoms with Crippen molar-refractivity contribution in [2.75, 3.05) is 7.11 Å². The molecule has 0 unspecified atom stereocenters. The Morgan fingerprint density at radius 1 is 1.31 bits per heavy atom. The molecule has 0 spiro atoms. The number of fused-ring (bicyclic) bond motifs is 3. The van der Waals surface area contributed by atoms with Crippen LogP contribution in [0.15, 0.2) is 52.6 Å². The molecule has 8 heteroatoms. The number of H-pyrrole nitrogens is 1. The summed E-state index contributed by atoms with van der Waals surface area (Å²) in [5.41, 5.74) is 1.48. The highest BCUT2D eigenvalue weighted by atomic mass is 19.1. The lowest BCUT2D eigenvalue weighted by Gasteiger charge is -2.03. The van der Waals surface area contributed by atoms with Crippen LogP contribution in [-0.4, -0.2) is 33.1 Å². The van der Waals surface area contributed by atoms with E-state index < -0.39 is 11.4 Å². The number of rotatable bonds is 3. The summed E-state index contributed by atoms with van der Waals surface area (Å²) in [5, 5.41) is 14.2. The molecular weight excluding hydrogens is 339 g/mol. The third kappa shape index (κ3) is 2.57. The fourth-order valence-electron chi connectivity index (χ4n) is 2.70. The normalized spacial score (nSPS) is 11.6. The Morgan fingerprint density at radius 3 is 2.96 bits per heavy atom. The lowest BCUT2D eigenvalue weighted by atomic mass is 10.2. The van der Waals surface area contributed by atoms with E-state index in [9.17, 15) is 14.3 Å². The van der Waals surface area contributed by atoms with E-state index in [0.717, 1.165) is 4.68 Å². The number of nitrogens with one attached hydrogen (secondary N) is 1. The molecule has 0 aliphatic heterocycles. The van der Waals surface area contributed by atoms with Gasteiger partial charge in [0.05, 0.1) is 13.3 Å². The molecule has 130 valence electrons. The molecule has 0 amide bonds. The minimum Gasteiger partial charge on any atom is -0.504 e. The van der Waals surface area contributed by atoms with Crippen LogP contribution in [0.2, 0.25) is 0 Å². The van der Waals surface area contributed by atoms with Crippen LogP contribution < -0.4 is 10.3 Å². The van der Waals surface area contributed by atoms with E-state index in [1.165, 1.54) is 37.9 Å². The number of aromatic hydroxyl groups is 1. The molecule has 2 aromatic carbocycles. The molecule has 0 atom stereocenters. The number of phenolic OH excluding ortho intramolecular Hbond substituents is 1. The Balaban J connectivity index is 1.79. The number of ether oxygens (including phenoxy) is 1. The summed E-state index contributed by atoms with van der Waals surface area (Å²) in [6.07, 6.45) is 2.72. The van der Waals surface area contributed by atoms with Gasteiger partial charge in [0.15, 0.2) is 11.5 Å². The highest BCUT2D eigenvalue weighted by Crippen LogP contribution is 2.25. The number of hydrogen-bond donors (Lipinski definition) is 2. The summed E-state index contributed by atoms with van der Waals surface area (Å²) >= 11 is 0. The van der Waals surface area contributed by atoms with Crippen molar-refractivity contribution >= 4 is 28.2 Å². The molecule has 2 aromatic heterocycles. The van der Waals surface area contributed by atoms with Gasteiger partial charge in [-0.05, 0) is 42.0 Å². The van der Waals surface area contributed by atoms with Crippen molar-refractivity contribution < 1.29 is 14.2 Å². The summed E-state index contributed by atoms with van der Waals surface area (Å²) in [5.74, 6) is -0.0913. The van der Waals surface area contributed by atoms with E-state index in [1.807, 2.05) is 0 Å². The van der Waals surface area contributed by atoms with Gasteiger partial charge in [0, 0.05) is 10.9 Å². The largest absolute Gasteiger partial charge is 0.504 e. The second kappa shape index (κ2) is 5.99. The Bertz CT molecular complexity index is 1230. The number of aromatic amines is 1. The maximum absolute atomic E-state index is 13.4. The van der Waals surface area contributed by atoms with Crippen LogP contribution in [0.4, 0.5) is 4.39 Å². The Morgan fingerprint density at radius 2 is 2.15 bits per heavy atom. The molecule has 0 bridgehead atoms. The van der Waals surface area contributed by atoms with Crippen LogP contribution in [0.5, 0.6) is 11.5 Å². The first kappa shape index (κ1) is 15.8. The first-order chi connectivity index (χ1) is 12.6. The molecule has 0 fully saturated rings. The first-order valence-electron chi connectivity index (χ1n) is 7.67. The van der Waals surface area contributed by atoms with Gasteiger partial charge < -0.3 is 14.8 Å². The van der Waals surface area contributed by atoms with E-state index in [0.29, 0.717) is 27.7 Å². The smallest absolute Gasteiger partial charge is 0.298 e. The number of aromatic nitrogens is 3. The summed E-state index contributed by atoms with van der Waals surface area (Å²) in [7, 11) is 1.44. The zero-order valence-corrected chi connectivity index (χ0v) is 13.6. The van der Waals surface area contributed by atoms with Gasteiger partial charge in [0.2, 0.25) is 0 Å². The van der Waals surface area contributed by atoms with E-state index in [2.05, 4.69) is 15.1 Å². The summed E-state index contributed by atoms with van der Waals surface area (Å²) in [6.45, 7) is 0. The third-order valence-electron chi connectivity index (χ3n) is 3.99. The van der Waals surface area contributed by atoms with E-state index in [4.69, 9.17) is 4.74 Å². The Labute approximate surface area is 146 Å². The molecule has 0 aliphatic carbocycles. The van der Waals surface area contributed by atoms with Crippen molar-refractivity contribution in [3.63, 3.8) is 0 Å². The van der Waals surface area contributed by atoms with Crippen LogP contribution in [-0.2, 0) is 0 Å². The first-order valence-corrected chi connectivity index (χ1v) is 7.67. The van der Waals surface area contributed by atoms with Crippen molar-refractivity contribution in [1.29, 1.82) is 0 Å². The molecule has 26 heavy (non-hydrogen) atoms. The summed E-state index contributed by atoms with van der Waals surface area (Å²) < 4.78 is 19.6. The number of hydrogen-bond acceptors (Lipinski definition) is 5. The summed E-state index contributed by atoms with van der Waals surface area (Å²) in [6, 6.07) is 8.88. The lowest BCUT2D eigenvalue weighted by molar-refractivity contribution is 0.373.